The zero-order chi connectivity index (χ0) is 14.5. The van der Waals surface area contributed by atoms with Gasteiger partial charge in [-0.05, 0) is 23.7 Å². The lowest BCUT2D eigenvalue weighted by atomic mass is 10.1. The van der Waals surface area contributed by atoms with Crippen LogP contribution in [0.25, 0.3) is 6.08 Å². The zero-order valence-electron chi connectivity index (χ0n) is 12.6. The molecular formula is C16H24O2Si. The van der Waals surface area contributed by atoms with E-state index in [1.165, 1.54) is 0 Å². The summed E-state index contributed by atoms with van der Waals surface area (Å²) in [6, 6.07) is 7.52. The molecule has 0 amide bonds. The number of carbonyl (C=O) groups excluding carboxylic acids is 1. The first-order valence-electron chi connectivity index (χ1n) is 6.62. The van der Waals surface area contributed by atoms with Crippen molar-refractivity contribution in [1.82, 2.24) is 0 Å². The smallest absolute Gasteiger partial charge is 0.192 e. The summed E-state index contributed by atoms with van der Waals surface area (Å²) < 4.78 is 6.06. The lowest BCUT2D eigenvalue weighted by Gasteiger charge is -2.35. The quantitative estimate of drug-likeness (QED) is 0.583. The molecule has 0 unspecified atom stereocenters. The molecule has 0 aliphatic rings. The van der Waals surface area contributed by atoms with Crippen molar-refractivity contribution in [3.05, 3.63) is 41.5 Å². The summed E-state index contributed by atoms with van der Waals surface area (Å²) >= 11 is 0. The van der Waals surface area contributed by atoms with Crippen LogP contribution in [0.1, 0.15) is 36.7 Å². The van der Waals surface area contributed by atoms with Crippen molar-refractivity contribution in [3.63, 3.8) is 0 Å². The Morgan fingerprint density at radius 2 is 1.63 bits per heavy atom. The molecule has 1 aromatic carbocycles. The van der Waals surface area contributed by atoms with Crippen LogP contribution in [-0.4, -0.2) is 21.2 Å². The highest BCUT2D eigenvalue weighted by Gasteiger charge is 2.36. The molecule has 0 fully saturated rings. The first-order valence-corrected chi connectivity index (χ1v) is 9.53. The van der Waals surface area contributed by atoms with E-state index >= 15 is 0 Å². The Hall–Kier alpha value is -1.19. The third kappa shape index (κ3) is 4.77. The molecule has 0 saturated carbocycles. The topological polar surface area (TPSA) is 26.3 Å². The second-order valence-electron chi connectivity index (χ2n) is 6.26. The van der Waals surface area contributed by atoms with E-state index in [4.69, 9.17) is 4.43 Å². The number of aldehydes is 1. The molecule has 0 radical (unpaired) electrons. The maximum atomic E-state index is 10.5. The van der Waals surface area contributed by atoms with E-state index in [0.717, 1.165) is 11.8 Å². The van der Waals surface area contributed by atoms with Crippen molar-refractivity contribution in [2.24, 2.45) is 0 Å². The van der Waals surface area contributed by atoms with Crippen LogP contribution in [0, 0.1) is 0 Å². The minimum Gasteiger partial charge on any atom is -0.413 e. The number of hydrogen-bond acceptors (Lipinski definition) is 2. The predicted molar refractivity (Wildman–Crippen MR) is 84.0 cm³/mol. The molecule has 0 spiro atoms. The second-order valence-corrected chi connectivity index (χ2v) is 11.1. The molecule has 3 heteroatoms. The molecule has 1 rings (SSSR count). The van der Waals surface area contributed by atoms with Gasteiger partial charge in [-0.2, -0.15) is 0 Å². The molecule has 104 valence electrons. The van der Waals surface area contributed by atoms with Crippen LogP contribution in [0.4, 0.5) is 0 Å². The largest absolute Gasteiger partial charge is 0.413 e. The van der Waals surface area contributed by atoms with Gasteiger partial charge in [-0.3, -0.25) is 4.79 Å². The van der Waals surface area contributed by atoms with Gasteiger partial charge in [-0.1, -0.05) is 57.2 Å². The van der Waals surface area contributed by atoms with Crippen molar-refractivity contribution in [2.45, 2.75) is 38.9 Å². The van der Waals surface area contributed by atoms with Crippen molar-refractivity contribution >= 4 is 20.7 Å². The summed E-state index contributed by atoms with van der Waals surface area (Å²) in [7, 11) is -1.66. The molecule has 0 heterocycles. The molecule has 0 atom stereocenters. The average molecular weight is 276 g/mol. The maximum Gasteiger partial charge on any atom is 0.192 e. The molecule has 1 aromatic rings. The lowest BCUT2D eigenvalue weighted by Crippen LogP contribution is -2.40. The van der Waals surface area contributed by atoms with Gasteiger partial charge >= 0.3 is 0 Å². The van der Waals surface area contributed by atoms with Crippen molar-refractivity contribution in [3.8, 4) is 0 Å². The molecule has 0 aliphatic heterocycles. The fourth-order valence-electron chi connectivity index (χ4n) is 1.34. The fraction of sp³-hybridized carbons (Fsp3) is 0.438. The van der Waals surface area contributed by atoms with Gasteiger partial charge in [0, 0.05) is 5.56 Å². The SMILES string of the molecule is CC(C)(C)[Si](C)(C)OC/C=C/c1ccc(C=O)cc1. The maximum absolute atomic E-state index is 10.5. The van der Waals surface area contributed by atoms with E-state index in [-0.39, 0.29) is 5.04 Å². The van der Waals surface area contributed by atoms with E-state index in [1.54, 1.807) is 0 Å². The highest BCUT2D eigenvalue weighted by atomic mass is 28.4. The van der Waals surface area contributed by atoms with Crippen LogP contribution in [0.2, 0.25) is 18.1 Å². The molecule has 0 N–H and O–H groups in total. The first-order chi connectivity index (χ1) is 8.76. The minimum atomic E-state index is -1.66. The molecule has 2 nitrogen and oxygen atoms in total. The van der Waals surface area contributed by atoms with Gasteiger partial charge in [-0.15, -0.1) is 0 Å². The first kappa shape index (κ1) is 15.9. The van der Waals surface area contributed by atoms with E-state index in [2.05, 4.69) is 33.9 Å². The number of rotatable bonds is 5. The normalized spacial score (nSPS) is 12.9. The summed E-state index contributed by atoms with van der Waals surface area (Å²) in [5.41, 5.74) is 1.79. The lowest BCUT2D eigenvalue weighted by molar-refractivity contribution is 0.112. The van der Waals surface area contributed by atoms with E-state index in [0.29, 0.717) is 12.2 Å². The van der Waals surface area contributed by atoms with Crippen LogP contribution in [-0.2, 0) is 4.43 Å². The standard InChI is InChI=1S/C16H24O2Si/c1-16(2,3)19(4,5)18-12-6-7-14-8-10-15(13-17)11-9-14/h6-11,13H,12H2,1-5H3/b7-6+. The molecule has 0 saturated heterocycles. The van der Waals surface area contributed by atoms with Gasteiger partial charge in [0.2, 0.25) is 0 Å². The van der Waals surface area contributed by atoms with E-state index < -0.39 is 8.32 Å². The third-order valence-corrected chi connectivity index (χ3v) is 8.23. The monoisotopic (exact) mass is 276 g/mol. The van der Waals surface area contributed by atoms with Gasteiger partial charge in [0.15, 0.2) is 8.32 Å². The summed E-state index contributed by atoms with van der Waals surface area (Å²) in [6.45, 7) is 11.9. The van der Waals surface area contributed by atoms with E-state index in [9.17, 15) is 4.79 Å². The molecule has 0 bridgehead atoms. The summed E-state index contributed by atoms with van der Waals surface area (Å²) in [6.07, 6.45) is 4.92. The highest BCUT2D eigenvalue weighted by molar-refractivity contribution is 6.74. The predicted octanol–water partition coefficient (Wildman–Crippen LogP) is 4.53. The Kier molecular flexibility index (Phi) is 5.26. The number of hydrogen-bond donors (Lipinski definition) is 0. The van der Waals surface area contributed by atoms with Crippen LogP contribution >= 0.6 is 0 Å². The summed E-state index contributed by atoms with van der Waals surface area (Å²) in [5, 5.41) is 0.243. The summed E-state index contributed by atoms with van der Waals surface area (Å²) in [4.78, 5) is 10.5. The number of carbonyl (C=O) groups is 1. The van der Waals surface area contributed by atoms with Gasteiger partial charge in [0.05, 0.1) is 6.61 Å². The zero-order valence-corrected chi connectivity index (χ0v) is 13.6. The van der Waals surface area contributed by atoms with E-state index in [1.807, 2.05) is 36.4 Å². The van der Waals surface area contributed by atoms with Gasteiger partial charge in [-0.25, -0.2) is 0 Å². The summed E-state index contributed by atoms with van der Waals surface area (Å²) in [5.74, 6) is 0. The Balaban J connectivity index is 2.52. The third-order valence-electron chi connectivity index (χ3n) is 3.73. The Morgan fingerprint density at radius 1 is 1.11 bits per heavy atom. The highest BCUT2D eigenvalue weighted by Crippen LogP contribution is 2.36. The molecule has 0 aromatic heterocycles. The fourth-order valence-corrected chi connectivity index (χ4v) is 2.29. The second kappa shape index (κ2) is 6.31. The van der Waals surface area contributed by atoms with Gasteiger partial charge in [0.1, 0.15) is 6.29 Å². The average Bonchev–Trinajstić information content (AvgIpc) is 2.34. The Labute approximate surface area is 117 Å². The van der Waals surface area contributed by atoms with Crippen LogP contribution in [0.5, 0.6) is 0 Å². The Morgan fingerprint density at radius 3 is 2.11 bits per heavy atom. The molecule has 19 heavy (non-hydrogen) atoms. The van der Waals surface area contributed by atoms with Gasteiger partial charge < -0.3 is 4.43 Å². The van der Waals surface area contributed by atoms with Crippen molar-refractivity contribution in [1.29, 1.82) is 0 Å². The van der Waals surface area contributed by atoms with Crippen molar-refractivity contribution < 1.29 is 9.22 Å². The van der Waals surface area contributed by atoms with Gasteiger partial charge in [0.25, 0.3) is 0 Å². The van der Waals surface area contributed by atoms with Crippen molar-refractivity contribution in [2.75, 3.05) is 6.61 Å². The van der Waals surface area contributed by atoms with Crippen LogP contribution < -0.4 is 0 Å². The van der Waals surface area contributed by atoms with Crippen LogP contribution in [0.15, 0.2) is 30.3 Å². The van der Waals surface area contributed by atoms with Crippen LogP contribution in [0.3, 0.4) is 0 Å². The molecular weight excluding hydrogens is 252 g/mol. The molecule has 0 aliphatic carbocycles. The minimum absolute atomic E-state index is 0.243. The Bertz CT molecular complexity index is 439. The number of benzene rings is 1.